The number of piperidine rings is 1. The Balaban J connectivity index is 1.20. The monoisotopic (exact) mass is 543 g/mol. The number of halogens is 2. The van der Waals surface area contributed by atoms with Gasteiger partial charge in [0, 0.05) is 73.3 Å². The number of carbonyl (C=O) groups excluding carboxylic acids is 1. The smallest absolute Gasteiger partial charge is 0.255 e. The predicted molar refractivity (Wildman–Crippen MR) is 151 cm³/mol. The van der Waals surface area contributed by atoms with Crippen LogP contribution in [-0.2, 0) is 0 Å². The van der Waals surface area contributed by atoms with E-state index in [4.69, 9.17) is 33.9 Å². The molecule has 3 aliphatic rings. The Morgan fingerprint density at radius 1 is 1.16 bits per heavy atom. The Morgan fingerprint density at radius 2 is 1.95 bits per heavy atom. The van der Waals surface area contributed by atoms with Crippen LogP contribution in [0.1, 0.15) is 49.0 Å². The number of nitrogens with one attached hydrogen (secondary N) is 1. The fraction of sp³-hybridized carbons (Fsp3) is 0.519. The Morgan fingerprint density at radius 3 is 2.59 bits per heavy atom. The second-order valence-electron chi connectivity index (χ2n) is 10.3. The number of rotatable bonds is 5. The average Bonchev–Trinajstić information content (AvgIpc) is 3.34. The quantitative estimate of drug-likeness (QED) is 0.555. The third kappa shape index (κ3) is 5.52. The highest BCUT2D eigenvalue weighted by Gasteiger charge is 2.35. The molecule has 8 nitrogen and oxygen atoms in total. The zero-order valence-corrected chi connectivity index (χ0v) is 23.0. The van der Waals surface area contributed by atoms with Gasteiger partial charge >= 0.3 is 0 Å². The summed E-state index contributed by atoms with van der Waals surface area (Å²) in [6.07, 6.45) is 4.83. The lowest BCUT2D eigenvalue weighted by Crippen LogP contribution is -2.58. The number of amides is 1. The van der Waals surface area contributed by atoms with Crippen LogP contribution in [0.4, 0.5) is 11.5 Å². The van der Waals surface area contributed by atoms with Crippen molar-refractivity contribution in [1.29, 1.82) is 0 Å². The van der Waals surface area contributed by atoms with Gasteiger partial charge in [-0.25, -0.2) is 4.98 Å². The summed E-state index contributed by atoms with van der Waals surface area (Å²) in [5, 5.41) is 4.58. The van der Waals surface area contributed by atoms with Crippen molar-refractivity contribution in [3.8, 4) is 0 Å². The van der Waals surface area contributed by atoms with E-state index >= 15 is 0 Å². The van der Waals surface area contributed by atoms with Gasteiger partial charge in [-0.05, 0) is 50.5 Å². The van der Waals surface area contributed by atoms with Crippen LogP contribution in [0.15, 0.2) is 35.5 Å². The summed E-state index contributed by atoms with van der Waals surface area (Å²) >= 11 is 12.7. The van der Waals surface area contributed by atoms with Crippen molar-refractivity contribution in [3.63, 3.8) is 0 Å². The highest BCUT2D eigenvalue weighted by molar-refractivity contribution is 6.33. The number of nitrogens with zero attached hydrogens (tertiary/aromatic N) is 5. The molecule has 2 atom stereocenters. The molecule has 3 aliphatic heterocycles. The molecule has 0 saturated carbocycles. The number of pyridine rings is 1. The number of nitrogens with two attached hydrogens (primary N) is 1. The molecule has 3 N–H and O–H groups in total. The number of amidine groups is 1. The Hall–Kier alpha value is -2.55. The van der Waals surface area contributed by atoms with Crippen LogP contribution in [0, 0.1) is 0 Å². The van der Waals surface area contributed by atoms with Gasteiger partial charge in [-0.3, -0.25) is 14.7 Å². The van der Waals surface area contributed by atoms with Crippen molar-refractivity contribution in [2.24, 2.45) is 4.99 Å². The minimum Gasteiger partial charge on any atom is -0.398 e. The zero-order valence-electron chi connectivity index (χ0n) is 21.5. The van der Waals surface area contributed by atoms with Crippen LogP contribution >= 0.6 is 23.2 Å². The molecule has 1 aromatic heterocycles. The molecule has 37 heavy (non-hydrogen) atoms. The fourth-order valence-electron chi connectivity index (χ4n) is 5.73. The first-order valence-corrected chi connectivity index (χ1v) is 13.9. The number of likely N-dealkylation sites (tertiary alicyclic amines) is 1. The summed E-state index contributed by atoms with van der Waals surface area (Å²) in [5.41, 5.74) is 7.96. The van der Waals surface area contributed by atoms with Crippen LogP contribution in [0.3, 0.4) is 0 Å². The second kappa shape index (κ2) is 11.1. The summed E-state index contributed by atoms with van der Waals surface area (Å²) in [4.78, 5) is 29.2. The lowest BCUT2D eigenvalue weighted by atomic mass is 9.97. The van der Waals surface area contributed by atoms with Crippen molar-refractivity contribution in [1.82, 2.24) is 20.1 Å². The SMILES string of the molecule is CCC1CN(c2ncc(C3=NCC(C)N3)cc2Cl)CCN1C1CCN(C(=O)c2ccc(Cl)cc2N)CC1. The molecule has 0 aliphatic carbocycles. The van der Waals surface area contributed by atoms with Crippen LogP contribution in [0.5, 0.6) is 0 Å². The van der Waals surface area contributed by atoms with Crippen molar-refractivity contribution in [3.05, 3.63) is 51.6 Å². The number of aromatic nitrogens is 1. The van der Waals surface area contributed by atoms with E-state index in [-0.39, 0.29) is 5.91 Å². The third-order valence-corrected chi connectivity index (χ3v) is 8.28. The number of nitrogen functional groups attached to an aromatic ring is 1. The first-order valence-electron chi connectivity index (χ1n) is 13.2. The summed E-state index contributed by atoms with van der Waals surface area (Å²) in [6, 6.07) is 8.27. The van der Waals surface area contributed by atoms with Crippen LogP contribution in [0.2, 0.25) is 10.0 Å². The third-order valence-electron chi connectivity index (χ3n) is 7.77. The predicted octanol–water partition coefficient (Wildman–Crippen LogP) is 3.91. The average molecular weight is 545 g/mol. The maximum atomic E-state index is 13.0. The second-order valence-corrected chi connectivity index (χ2v) is 11.1. The van der Waals surface area contributed by atoms with Crippen molar-refractivity contribution < 1.29 is 4.79 Å². The first-order chi connectivity index (χ1) is 17.8. The number of aliphatic imine (C=N–C) groups is 1. The largest absolute Gasteiger partial charge is 0.398 e. The zero-order chi connectivity index (χ0) is 26.1. The summed E-state index contributed by atoms with van der Waals surface area (Å²) < 4.78 is 0. The van der Waals surface area contributed by atoms with Gasteiger partial charge in [0.15, 0.2) is 0 Å². The molecule has 2 unspecified atom stereocenters. The van der Waals surface area contributed by atoms with Crippen molar-refractivity contribution in [2.45, 2.75) is 51.2 Å². The van der Waals surface area contributed by atoms with E-state index in [0.29, 0.717) is 39.4 Å². The van der Waals surface area contributed by atoms with Gasteiger partial charge < -0.3 is 20.9 Å². The maximum absolute atomic E-state index is 13.0. The minimum absolute atomic E-state index is 0.0122. The normalized spacial score (nSPS) is 23.2. The van der Waals surface area contributed by atoms with E-state index in [1.54, 1.807) is 18.2 Å². The number of anilines is 2. The number of piperazine rings is 1. The number of hydrogen-bond acceptors (Lipinski definition) is 7. The van der Waals surface area contributed by atoms with Crippen LogP contribution in [-0.4, -0.2) is 83.9 Å². The first kappa shape index (κ1) is 26.1. The Kier molecular flexibility index (Phi) is 7.79. The molecule has 4 heterocycles. The number of hydrogen-bond donors (Lipinski definition) is 2. The standard InChI is InChI=1S/C27H35Cl2N7O/c1-3-20-16-35(26-23(29)12-18(15-32-26)25-31-14-17(2)33-25)10-11-36(20)21-6-8-34(9-7-21)27(37)22-5-4-19(28)13-24(22)30/h4-5,12-13,15,17,20-21H,3,6-11,14,16,30H2,1-2H3,(H,31,33). The van der Waals surface area contributed by atoms with Crippen molar-refractivity contribution in [2.75, 3.05) is 49.9 Å². The number of carbonyl (C=O) groups is 1. The summed E-state index contributed by atoms with van der Waals surface area (Å²) in [5.74, 6) is 1.70. The van der Waals surface area contributed by atoms with Gasteiger partial charge in [0.2, 0.25) is 0 Å². The molecule has 0 bridgehead atoms. The molecule has 0 radical (unpaired) electrons. The van der Waals surface area contributed by atoms with E-state index in [9.17, 15) is 4.79 Å². The van der Waals surface area contributed by atoms with E-state index in [0.717, 1.165) is 75.7 Å². The van der Waals surface area contributed by atoms with Gasteiger partial charge in [0.25, 0.3) is 5.91 Å². The van der Waals surface area contributed by atoms with Crippen molar-refractivity contribution >= 4 is 46.4 Å². The van der Waals surface area contributed by atoms with E-state index < -0.39 is 0 Å². The van der Waals surface area contributed by atoms with Gasteiger partial charge in [-0.1, -0.05) is 30.1 Å². The highest BCUT2D eigenvalue weighted by Crippen LogP contribution is 2.30. The molecule has 0 spiro atoms. The lowest BCUT2D eigenvalue weighted by Gasteiger charge is -2.47. The molecule has 5 rings (SSSR count). The van der Waals surface area contributed by atoms with Crippen LogP contribution in [0.25, 0.3) is 0 Å². The molecular weight excluding hydrogens is 509 g/mol. The molecule has 2 aromatic rings. The number of benzene rings is 1. The fourth-order valence-corrected chi connectivity index (χ4v) is 6.19. The van der Waals surface area contributed by atoms with E-state index in [2.05, 4.69) is 34.0 Å². The lowest BCUT2D eigenvalue weighted by molar-refractivity contribution is 0.0491. The molecule has 2 saturated heterocycles. The molecular formula is C27H35Cl2N7O. The van der Waals surface area contributed by atoms with E-state index in [1.807, 2.05) is 17.2 Å². The van der Waals surface area contributed by atoms with E-state index in [1.165, 1.54) is 0 Å². The van der Waals surface area contributed by atoms with Gasteiger partial charge in [0.1, 0.15) is 11.7 Å². The summed E-state index contributed by atoms with van der Waals surface area (Å²) in [6.45, 7) is 9.30. The molecule has 10 heteroatoms. The Labute approximate surface area is 228 Å². The van der Waals surface area contributed by atoms with Crippen LogP contribution < -0.4 is 16.0 Å². The molecule has 198 valence electrons. The topological polar surface area (TPSA) is 90.1 Å². The van der Waals surface area contributed by atoms with Gasteiger partial charge in [-0.15, -0.1) is 0 Å². The summed E-state index contributed by atoms with van der Waals surface area (Å²) in [7, 11) is 0. The molecule has 1 aromatic carbocycles. The minimum atomic E-state index is -0.0122. The van der Waals surface area contributed by atoms with Gasteiger partial charge in [0.05, 0.1) is 17.1 Å². The van der Waals surface area contributed by atoms with Gasteiger partial charge in [-0.2, -0.15) is 0 Å². The molecule has 1 amide bonds. The highest BCUT2D eigenvalue weighted by atomic mass is 35.5. The molecule has 2 fully saturated rings. The maximum Gasteiger partial charge on any atom is 0.255 e. The Bertz CT molecular complexity index is 1180.